The van der Waals surface area contributed by atoms with E-state index in [0.717, 1.165) is 36.8 Å². The number of hydrogen-bond acceptors (Lipinski definition) is 8. The molecule has 1 saturated heterocycles. The standard InChI is InChI=1S/C27H29N5O4S2.ClH/c1-36-20-10-12-21(13-11-20)38(34,35)30-23-7-3-2-6-22(23)26(33)28-14-15-31-16-18-32(19-17-31)27-29-24-8-4-5-9-25(24)37-27;/h2-13,30H,14-19H2,1H3,(H,28,33);1H. The van der Waals surface area contributed by atoms with E-state index in [1.165, 1.54) is 23.9 Å². The van der Waals surface area contributed by atoms with E-state index in [1.807, 2.05) is 18.2 Å². The summed E-state index contributed by atoms with van der Waals surface area (Å²) >= 11 is 1.71. The average Bonchev–Trinajstić information content (AvgIpc) is 3.38. The number of amides is 1. The SMILES string of the molecule is COc1ccc(S(=O)(=O)Nc2ccccc2C(=O)NCCN2CCN(c3nc4ccccc4s3)CC2)cc1.Cl. The van der Waals surface area contributed by atoms with Crippen molar-refractivity contribution in [2.24, 2.45) is 0 Å². The van der Waals surface area contributed by atoms with Crippen LogP contribution in [0, 0.1) is 0 Å². The first-order valence-corrected chi connectivity index (χ1v) is 14.6. The van der Waals surface area contributed by atoms with Crippen LogP contribution in [0.5, 0.6) is 5.75 Å². The Bertz CT molecular complexity index is 1490. The predicted molar refractivity (Wildman–Crippen MR) is 158 cm³/mol. The third-order valence-electron chi connectivity index (χ3n) is 6.42. The Morgan fingerprint density at radius 3 is 2.38 bits per heavy atom. The van der Waals surface area contributed by atoms with Crippen LogP contribution in [0.15, 0.2) is 77.7 Å². The van der Waals surface area contributed by atoms with Crippen LogP contribution in [0.3, 0.4) is 0 Å². The number of sulfonamides is 1. The smallest absolute Gasteiger partial charge is 0.261 e. The predicted octanol–water partition coefficient (Wildman–Crippen LogP) is 4.08. The molecule has 1 aromatic heterocycles. The Balaban J connectivity index is 0.00000353. The van der Waals surface area contributed by atoms with Crippen molar-refractivity contribution in [3.8, 4) is 5.75 Å². The molecule has 206 valence electrons. The minimum absolute atomic E-state index is 0. The zero-order valence-corrected chi connectivity index (χ0v) is 23.8. The summed E-state index contributed by atoms with van der Waals surface area (Å²) in [6.07, 6.45) is 0. The fraction of sp³-hybridized carbons (Fsp3) is 0.259. The lowest BCUT2D eigenvalue weighted by Crippen LogP contribution is -2.48. The molecule has 0 unspecified atom stereocenters. The quantitative estimate of drug-likeness (QED) is 0.304. The van der Waals surface area contributed by atoms with E-state index in [1.54, 1.807) is 47.7 Å². The average molecular weight is 588 g/mol. The molecule has 9 nitrogen and oxygen atoms in total. The molecule has 1 aliphatic rings. The van der Waals surface area contributed by atoms with Gasteiger partial charge in [-0.3, -0.25) is 14.4 Å². The highest BCUT2D eigenvalue weighted by molar-refractivity contribution is 7.92. The van der Waals surface area contributed by atoms with Crippen molar-refractivity contribution in [2.45, 2.75) is 4.90 Å². The number of benzene rings is 3. The number of carbonyl (C=O) groups excluding carboxylic acids is 1. The fourth-order valence-electron chi connectivity index (χ4n) is 4.31. The summed E-state index contributed by atoms with van der Waals surface area (Å²) in [6, 6.07) is 20.8. The van der Waals surface area contributed by atoms with Crippen molar-refractivity contribution in [1.82, 2.24) is 15.2 Å². The molecule has 0 saturated carbocycles. The van der Waals surface area contributed by atoms with E-state index < -0.39 is 10.0 Å². The van der Waals surface area contributed by atoms with Crippen LogP contribution in [0.2, 0.25) is 0 Å². The van der Waals surface area contributed by atoms with Crippen LogP contribution in [-0.4, -0.2) is 70.6 Å². The second-order valence-electron chi connectivity index (χ2n) is 8.88. The first-order chi connectivity index (χ1) is 18.4. The number of rotatable bonds is 9. The molecular weight excluding hydrogens is 558 g/mol. The number of para-hydroxylation sites is 2. The Morgan fingerprint density at radius 1 is 0.974 bits per heavy atom. The molecule has 0 aliphatic carbocycles. The van der Waals surface area contributed by atoms with E-state index in [9.17, 15) is 13.2 Å². The molecule has 5 rings (SSSR count). The number of anilines is 2. The minimum atomic E-state index is -3.87. The number of fused-ring (bicyclic) bond motifs is 1. The maximum atomic E-state index is 12.9. The maximum Gasteiger partial charge on any atom is 0.261 e. The monoisotopic (exact) mass is 587 g/mol. The molecule has 3 aromatic carbocycles. The van der Waals surface area contributed by atoms with E-state index in [4.69, 9.17) is 9.72 Å². The molecule has 2 N–H and O–H groups in total. The van der Waals surface area contributed by atoms with Gasteiger partial charge >= 0.3 is 0 Å². The van der Waals surface area contributed by atoms with Gasteiger partial charge in [-0.15, -0.1) is 12.4 Å². The van der Waals surface area contributed by atoms with Gasteiger partial charge in [-0.25, -0.2) is 13.4 Å². The van der Waals surface area contributed by atoms with Gasteiger partial charge in [0.05, 0.1) is 33.5 Å². The zero-order chi connectivity index (χ0) is 26.5. The normalized spacial score (nSPS) is 14.0. The Kier molecular flexibility index (Phi) is 9.28. The van der Waals surface area contributed by atoms with Gasteiger partial charge in [-0.05, 0) is 48.5 Å². The summed E-state index contributed by atoms with van der Waals surface area (Å²) < 4.78 is 34.6. The molecule has 1 amide bonds. The first-order valence-electron chi connectivity index (χ1n) is 12.3. The summed E-state index contributed by atoms with van der Waals surface area (Å²) in [7, 11) is -2.36. The Hall–Kier alpha value is -3.38. The first kappa shape index (κ1) is 28.6. The number of nitrogens with zero attached hydrogens (tertiary/aromatic N) is 3. The van der Waals surface area contributed by atoms with Crippen LogP contribution < -0.4 is 19.7 Å². The molecule has 12 heteroatoms. The Morgan fingerprint density at radius 2 is 1.67 bits per heavy atom. The molecule has 39 heavy (non-hydrogen) atoms. The number of thiazole rings is 1. The summed E-state index contributed by atoms with van der Waals surface area (Å²) in [4.78, 5) is 22.4. The number of methoxy groups -OCH3 is 1. The highest BCUT2D eigenvalue weighted by Crippen LogP contribution is 2.29. The lowest BCUT2D eigenvalue weighted by atomic mass is 10.1. The van der Waals surface area contributed by atoms with Crippen molar-refractivity contribution in [3.63, 3.8) is 0 Å². The van der Waals surface area contributed by atoms with E-state index in [0.29, 0.717) is 18.8 Å². The molecule has 2 heterocycles. The fourth-order valence-corrected chi connectivity index (χ4v) is 6.41. The van der Waals surface area contributed by atoms with Gasteiger partial charge in [0.1, 0.15) is 5.75 Å². The maximum absolute atomic E-state index is 12.9. The molecule has 0 radical (unpaired) electrons. The molecule has 0 spiro atoms. The summed E-state index contributed by atoms with van der Waals surface area (Å²) in [5, 5.41) is 3.98. The number of aromatic nitrogens is 1. The number of ether oxygens (including phenoxy) is 1. The van der Waals surface area contributed by atoms with Gasteiger partial charge in [0.25, 0.3) is 15.9 Å². The van der Waals surface area contributed by atoms with E-state index >= 15 is 0 Å². The molecule has 4 aromatic rings. The highest BCUT2D eigenvalue weighted by atomic mass is 35.5. The Labute approximate surface area is 238 Å². The molecule has 0 atom stereocenters. The topological polar surface area (TPSA) is 104 Å². The lowest BCUT2D eigenvalue weighted by molar-refractivity contribution is 0.0948. The van der Waals surface area contributed by atoms with Gasteiger partial charge in [-0.2, -0.15) is 0 Å². The molecule has 1 aliphatic heterocycles. The number of carbonyl (C=O) groups is 1. The van der Waals surface area contributed by atoms with Crippen molar-refractivity contribution >= 4 is 60.7 Å². The molecule has 0 bridgehead atoms. The van der Waals surface area contributed by atoms with E-state index in [-0.39, 0.29) is 34.5 Å². The second-order valence-corrected chi connectivity index (χ2v) is 11.6. The van der Waals surface area contributed by atoms with Gasteiger partial charge in [-0.1, -0.05) is 35.6 Å². The van der Waals surface area contributed by atoms with Crippen LogP contribution in [0.1, 0.15) is 10.4 Å². The third kappa shape index (κ3) is 6.80. The van der Waals surface area contributed by atoms with Crippen LogP contribution >= 0.6 is 23.7 Å². The van der Waals surface area contributed by atoms with Crippen molar-refractivity contribution < 1.29 is 17.9 Å². The van der Waals surface area contributed by atoms with Crippen LogP contribution in [0.4, 0.5) is 10.8 Å². The van der Waals surface area contributed by atoms with Gasteiger partial charge in [0.15, 0.2) is 5.13 Å². The number of hydrogen-bond donors (Lipinski definition) is 2. The number of nitrogens with one attached hydrogen (secondary N) is 2. The largest absolute Gasteiger partial charge is 0.497 e. The molecular formula is C27H30ClN5O4S2. The van der Waals surface area contributed by atoms with Crippen molar-refractivity contribution in [1.29, 1.82) is 0 Å². The summed E-state index contributed by atoms with van der Waals surface area (Å²) in [5.74, 6) is 0.230. The number of piperazine rings is 1. The second kappa shape index (κ2) is 12.6. The van der Waals surface area contributed by atoms with Gasteiger partial charge < -0.3 is 15.0 Å². The minimum Gasteiger partial charge on any atom is -0.497 e. The van der Waals surface area contributed by atoms with Gasteiger partial charge in [0.2, 0.25) is 0 Å². The van der Waals surface area contributed by atoms with Crippen LogP contribution in [0.25, 0.3) is 10.2 Å². The van der Waals surface area contributed by atoms with Crippen molar-refractivity contribution in [2.75, 3.05) is 56.0 Å². The summed E-state index contributed by atoms with van der Waals surface area (Å²) in [6.45, 7) is 4.68. The van der Waals surface area contributed by atoms with Crippen LogP contribution in [-0.2, 0) is 10.0 Å². The summed E-state index contributed by atoms with van der Waals surface area (Å²) in [5.41, 5.74) is 1.53. The lowest BCUT2D eigenvalue weighted by Gasteiger charge is -2.34. The van der Waals surface area contributed by atoms with Crippen molar-refractivity contribution in [3.05, 3.63) is 78.4 Å². The zero-order valence-electron chi connectivity index (χ0n) is 21.4. The van der Waals surface area contributed by atoms with Gasteiger partial charge in [0, 0.05) is 39.3 Å². The highest BCUT2D eigenvalue weighted by Gasteiger charge is 2.21. The number of halogens is 1. The van der Waals surface area contributed by atoms with E-state index in [2.05, 4.69) is 25.9 Å². The third-order valence-corrected chi connectivity index (χ3v) is 8.90. The molecule has 1 fully saturated rings.